The molecule has 0 aliphatic rings. The minimum Gasteiger partial charge on any atom is -0.337 e. The molecular weight excluding hydrogens is 277 g/mol. The number of nitrogens with zero attached hydrogens (tertiary/aromatic N) is 2. The molecule has 4 nitrogen and oxygen atoms in total. The smallest absolute Gasteiger partial charge is 0.246 e. The summed E-state index contributed by atoms with van der Waals surface area (Å²) in [5.41, 5.74) is 5.62. The van der Waals surface area contributed by atoms with Crippen LogP contribution in [0.3, 0.4) is 0 Å². The third kappa shape index (κ3) is 3.19. The summed E-state index contributed by atoms with van der Waals surface area (Å²) in [6.45, 7) is 3.98. The van der Waals surface area contributed by atoms with Gasteiger partial charge in [-0.1, -0.05) is 31.1 Å². The van der Waals surface area contributed by atoms with Crippen LogP contribution in [0.2, 0.25) is 0 Å². The molecule has 20 heavy (non-hydrogen) atoms. The highest BCUT2D eigenvalue weighted by molar-refractivity contribution is 7.98. The van der Waals surface area contributed by atoms with Crippen molar-refractivity contribution >= 4 is 11.8 Å². The van der Waals surface area contributed by atoms with E-state index in [2.05, 4.69) is 10.1 Å². The standard InChI is InChI=1S/C14H18FN3OS/c1-3-14(16,4-2)13-17-12(18-19-13)9-20-11-8-6-5-7-10(11)15/h5-8H,3-4,9,16H2,1-2H3. The van der Waals surface area contributed by atoms with Crippen LogP contribution in [0.1, 0.15) is 38.4 Å². The van der Waals surface area contributed by atoms with Gasteiger partial charge in [-0.2, -0.15) is 4.98 Å². The molecule has 0 unspecified atom stereocenters. The van der Waals surface area contributed by atoms with Crippen molar-refractivity contribution in [2.45, 2.75) is 42.9 Å². The molecule has 108 valence electrons. The van der Waals surface area contributed by atoms with E-state index in [9.17, 15) is 4.39 Å². The number of benzene rings is 1. The quantitative estimate of drug-likeness (QED) is 0.827. The second-order valence-electron chi connectivity index (χ2n) is 4.60. The zero-order valence-electron chi connectivity index (χ0n) is 11.6. The molecule has 0 spiro atoms. The van der Waals surface area contributed by atoms with Crippen molar-refractivity contribution in [3.05, 3.63) is 41.8 Å². The molecule has 0 aliphatic heterocycles. The lowest BCUT2D eigenvalue weighted by Crippen LogP contribution is -2.35. The highest BCUT2D eigenvalue weighted by atomic mass is 32.2. The molecular formula is C14H18FN3OS. The summed E-state index contributed by atoms with van der Waals surface area (Å²) in [5.74, 6) is 1.20. The zero-order valence-corrected chi connectivity index (χ0v) is 12.4. The van der Waals surface area contributed by atoms with Crippen LogP contribution in [-0.2, 0) is 11.3 Å². The van der Waals surface area contributed by atoms with E-state index >= 15 is 0 Å². The van der Waals surface area contributed by atoms with Crippen LogP contribution in [0.15, 0.2) is 33.7 Å². The minimum atomic E-state index is -0.575. The van der Waals surface area contributed by atoms with E-state index in [1.165, 1.54) is 17.8 Å². The lowest BCUT2D eigenvalue weighted by molar-refractivity contribution is 0.267. The molecule has 0 bridgehead atoms. The third-order valence-electron chi connectivity index (χ3n) is 3.35. The van der Waals surface area contributed by atoms with E-state index in [1.54, 1.807) is 18.2 Å². The van der Waals surface area contributed by atoms with Gasteiger partial charge in [0.2, 0.25) is 5.89 Å². The minimum absolute atomic E-state index is 0.239. The van der Waals surface area contributed by atoms with Gasteiger partial charge in [0.15, 0.2) is 5.82 Å². The molecule has 0 saturated carbocycles. The molecule has 2 N–H and O–H groups in total. The van der Waals surface area contributed by atoms with Crippen molar-refractivity contribution in [3.63, 3.8) is 0 Å². The number of halogens is 1. The molecule has 1 aromatic heterocycles. The summed E-state index contributed by atoms with van der Waals surface area (Å²) in [7, 11) is 0. The highest BCUT2D eigenvalue weighted by Gasteiger charge is 2.29. The number of hydrogen-bond donors (Lipinski definition) is 1. The van der Waals surface area contributed by atoms with Crippen molar-refractivity contribution in [3.8, 4) is 0 Å². The Morgan fingerprint density at radius 1 is 1.30 bits per heavy atom. The molecule has 2 aromatic rings. The summed E-state index contributed by atoms with van der Waals surface area (Å²) in [6.07, 6.45) is 1.46. The van der Waals surface area contributed by atoms with Gasteiger partial charge in [0.05, 0.1) is 11.3 Å². The average molecular weight is 295 g/mol. The molecule has 0 radical (unpaired) electrons. The Balaban J connectivity index is 2.05. The Hall–Kier alpha value is -1.40. The number of rotatable bonds is 6. The fraction of sp³-hybridized carbons (Fsp3) is 0.429. The Kier molecular flexibility index (Phi) is 4.77. The third-order valence-corrected chi connectivity index (χ3v) is 4.39. The number of thioether (sulfide) groups is 1. The van der Waals surface area contributed by atoms with Crippen LogP contribution in [0.25, 0.3) is 0 Å². The fourth-order valence-corrected chi connectivity index (χ4v) is 2.55. The van der Waals surface area contributed by atoms with Crippen LogP contribution in [0.4, 0.5) is 4.39 Å². The molecule has 1 aromatic carbocycles. The lowest BCUT2D eigenvalue weighted by atomic mass is 9.94. The SMILES string of the molecule is CCC(N)(CC)c1nc(CSc2ccccc2F)no1. The predicted molar refractivity (Wildman–Crippen MR) is 76.7 cm³/mol. The van der Waals surface area contributed by atoms with Crippen molar-refractivity contribution in [1.82, 2.24) is 10.1 Å². The largest absolute Gasteiger partial charge is 0.337 e. The van der Waals surface area contributed by atoms with Gasteiger partial charge in [-0.25, -0.2) is 4.39 Å². The van der Waals surface area contributed by atoms with E-state index in [0.29, 0.717) is 22.4 Å². The fourth-order valence-electron chi connectivity index (χ4n) is 1.77. The van der Waals surface area contributed by atoms with Crippen LogP contribution in [0.5, 0.6) is 0 Å². The first-order chi connectivity index (χ1) is 9.59. The molecule has 0 aliphatic carbocycles. The van der Waals surface area contributed by atoms with Gasteiger partial charge in [-0.3, -0.25) is 0 Å². The summed E-state index contributed by atoms with van der Waals surface area (Å²) in [4.78, 5) is 4.90. The maximum absolute atomic E-state index is 13.5. The maximum Gasteiger partial charge on any atom is 0.246 e. The van der Waals surface area contributed by atoms with E-state index in [1.807, 2.05) is 13.8 Å². The van der Waals surface area contributed by atoms with Crippen LogP contribution >= 0.6 is 11.8 Å². The van der Waals surface area contributed by atoms with Crippen molar-refractivity contribution in [2.75, 3.05) is 0 Å². The summed E-state index contributed by atoms with van der Waals surface area (Å²) in [6, 6.07) is 6.62. The Labute approximate surface area is 121 Å². The monoisotopic (exact) mass is 295 g/mol. The van der Waals surface area contributed by atoms with E-state index in [0.717, 1.165) is 12.8 Å². The van der Waals surface area contributed by atoms with Gasteiger partial charge in [0.25, 0.3) is 0 Å². The lowest BCUT2D eigenvalue weighted by Gasteiger charge is -2.20. The van der Waals surface area contributed by atoms with Crippen LogP contribution < -0.4 is 5.73 Å². The molecule has 0 fully saturated rings. The van der Waals surface area contributed by atoms with Crippen LogP contribution in [0, 0.1) is 5.82 Å². The summed E-state index contributed by atoms with van der Waals surface area (Å²) < 4.78 is 18.7. The van der Waals surface area contributed by atoms with E-state index < -0.39 is 5.54 Å². The van der Waals surface area contributed by atoms with Gasteiger partial charge in [0.1, 0.15) is 5.82 Å². The Morgan fingerprint density at radius 2 is 2.00 bits per heavy atom. The molecule has 1 heterocycles. The summed E-state index contributed by atoms with van der Waals surface area (Å²) >= 11 is 1.34. The highest BCUT2D eigenvalue weighted by Crippen LogP contribution is 2.27. The molecule has 2 rings (SSSR count). The van der Waals surface area contributed by atoms with E-state index in [-0.39, 0.29) is 5.82 Å². The Morgan fingerprint density at radius 3 is 2.65 bits per heavy atom. The predicted octanol–water partition coefficient (Wildman–Crippen LogP) is 3.48. The normalized spacial score (nSPS) is 11.8. The molecule has 0 amide bonds. The van der Waals surface area contributed by atoms with Crippen molar-refractivity contribution in [1.29, 1.82) is 0 Å². The van der Waals surface area contributed by atoms with Gasteiger partial charge in [-0.15, -0.1) is 11.8 Å². The first kappa shape index (κ1) is 15.0. The van der Waals surface area contributed by atoms with Gasteiger partial charge in [0, 0.05) is 4.90 Å². The average Bonchev–Trinajstić information content (AvgIpc) is 2.95. The Bertz CT molecular complexity index is 569. The van der Waals surface area contributed by atoms with E-state index in [4.69, 9.17) is 10.3 Å². The second-order valence-corrected chi connectivity index (χ2v) is 5.62. The van der Waals surface area contributed by atoms with Crippen LogP contribution in [-0.4, -0.2) is 10.1 Å². The number of hydrogen-bond acceptors (Lipinski definition) is 5. The zero-order chi connectivity index (χ0) is 14.6. The van der Waals surface area contributed by atoms with Crippen molar-refractivity contribution < 1.29 is 8.91 Å². The first-order valence-corrected chi connectivity index (χ1v) is 7.57. The maximum atomic E-state index is 13.5. The summed E-state index contributed by atoms with van der Waals surface area (Å²) in [5, 5.41) is 3.91. The molecule has 0 atom stereocenters. The molecule has 0 saturated heterocycles. The molecule has 6 heteroatoms. The van der Waals surface area contributed by atoms with Gasteiger partial charge in [-0.05, 0) is 25.0 Å². The second kappa shape index (κ2) is 6.37. The topological polar surface area (TPSA) is 64.9 Å². The number of aromatic nitrogens is 2. The van der Waals surface area contributed by atoms with Gasteiger partial charge >= 0.3 is 0 Å². The van der Waals surface area contributed by atoms with Crippen molar-refractivity contribution in [2.24, 2.45) is 5.73 Å². The number of nitrogens with two attached hydrogens (primary N) is 1. The first-order valence-electron chi connectivity index (χ1n) is 6.58. The van der Waals surface area contributed by atoms with Gasteiger partial charge < -0.3 is 10.3 Å².